The topological polar surface area (TPSA) is 72.3 Å². The summed E-state index contributed by atoms with van der Waals surface area (Å²) in [7, 11) is 0. The third-order valence-corrected chi connectivity index (χ3v) is 4.88. The molecule has 2 aromatic heterocycles. The summed E-state index contributed by atoms with van der Waals surface area (Å²) in [6.45, 7) is 2.00. The van der Waals surface area contributed by atoms with Crippen molar-refractivity contribution in [1.82, 2.24) is 4.98 Å². The highest BCUT2D eigenvalue weighted by Gasteiger charge is 2.10. The van der Waals surface area contributed by atoms with Crippen LogP contribution in [0.1, 0.15) is 29.5 Å². The summed E-state index contributed by atoms with van der Waals surface area (Å²) < 4.78 is 10.6. The van der Waals surface area contributed by atoms with E-state index in [1.165, 1.54) is 17.0 Å². The van der Waals surface area contributed by atoms with Gasteiger partial charge < -0.3 is 14.1 Å². The second kappa shape index (κ2) is 7.72. The molecule has 0 bridgehead atoms. The van der Waals surface area contributed by atoms with Crippen molar-refractivity contribution in [2.75, 3.05) is 0 Å². The third kappa shape index (κ3) is 3.83. The number of H-pyrrole nitrogens is 1. The molecule has 1 N–H and O–H groups in total. The number of aromatic nitrogens is 1. The molecule has 2 heterocycles. The van der Waals surface area contributed by atoms with E-state index in [2.05, 4.69) is 11.1 Å². The molecule has 0 amide bonds. The molecule has 142 valence electrons. The molecule has 0 saturated carbocycles. The summed E-state index contributed by atoms with van der Waals surface area (Å²) >= 11 is 0. The van der Waals surface area contributed by atoms with Gasteiger partial charge in [-0.15, -0.1) is 0 Å². The van der Waals surface area contributed by atoms with Crippen LogP contribution in [0.15, 0.2) is 63.9 Å². The maximum Gasteiger partial charge on any atom is 0.336 e. The number of fused-ring (bicyclic) bond motifs is 2. The van der Waals surface area contributed by atoms with Crippen molar-refractivity contribution >= 4 is 27.8 Å². The quantitative estimate of drug-likeness (QED) is 0.393. The molecular formula is C23H21NO4. The lowest BCUT2D eigenvalue weighted by Crippen LogP contribution is -2.08. The lowest BCUT2D eigenvalue weighted by atomic mass is 10.1. The van der Waals surface area contributed by atoms with Gasteiger partial charge in [-0.25, -0.2) is 4.79 Å². The van der Waals surface area contributed by atoms with Crippen LogP contribution in [0.5, 0.6) is 0 Å². The fraction of sp³-hybridized carbons (Fsp3) is 0.217. The van der Waals surface area contributed by atoms with Crippen LogP contribution in [-0.2, 0) is 22.6 Å². The number of esters is 1. The summed E-state index contributed by atoms with van der Waals surface area (Å²) in [6.07, 6.45) is 3.83. The van der Waals surface area contributed by atoms with Crippen molar-refractivity contribution in [1.29, 1.82) is 0 Å². The van der Waals surface area contributed by atoms with E-state index in [1.807, 2.05) is 49.5 Å². The number of carbonyl (C=O) groups excluding carboxylic acids is 1. The Hall–Kier alpha value is -3.34. The molecule has 5 nitrogen and oxygen atoms in total. The van der Waals surface area contributed by atoms with Crippen LogP contribution in [0.2, 0.25) is 0 Å². The SMILES string of the molecule is Cc1ccc2c(COC(=O)CCCc3c[nH]c4ccccc34)cc(=O)oc2c1. The Bertz CT molecular complexity index is 1200. The lowest BCUT2D eigenvalue weighted by Gasteiger charge is -2.08. The Morgan fingerprint density at radius 2 is 1.93 bits per heavy atom. The van der Waals surface area contributed by atoms with Crippen molar-refractivity contribution in [3.05, 3.63) is 81.8 Å². The van der Waals surface area contributed by atoms with Gasteiger partial charge in [0.05, 0.1) is 0 Å². The van der Waals surface area contributed by atoms with Crippen LogP contribution in [0.4, 0.5) is 0 Å². The first kappa shape index (κ1) is 18.0. The Labute approximate surface area is 161 Å². The molecule has 0 fully saturated rings. The van der Waals surface area contributed by atoms with E-state index in [-0.39, 0.29) is 12.6 Å². The molecule has 0 spiro atoms. The number of nitrogens with one attached hydrogen (secondary N) is 1. The van der Waals surface area contributed by atoms with E-state index in [4.69, 9.17) is 9.15 Å². The molecule has 4 rings (SSSR count). The average molecular weight is 375 g/mol. The Morgan fingerprint density at radius 3 is 2.82 bits per heavy atom. The van der Waals surface area contributed by atoms with Crippen LogP contribution in [0, 0.1) is 6.92 Å². The molecule has 0 saturated heterocycles. The fourth-order valence-corrected chi connectivity index (χ4v) is 3.45. The van der Waals surface area contributed by atoms with Gasteiger partial charge in [-0.2, -0.15) is 0 Å². The Balaban J connectivity index is 1.36. The van der Waals surface area contributed by atoms with Gasteiger partial charge in [-0.05, 0) is 43.0 Å². The number of ether oxygens (including phenoxy) is 1. The van der Waals surface area contributed by atoms with Crippen molar-refractivity contribution in [2.45, 2.75) is 32.8 Å². The number of rotatable bonds is 6. The predicted octanol–water partition coefficient (Wildman–Crippen LogP) is 4.65. The molecular weight excluding hydrogens is 354 g/mol. The van der Waals surface area contributed by atoms with Crippen molar-refractivity contribution < 1.29 is 13.9 Å². The maximum atomic E-state index is 12.2. The van der Waals surface area contributed by atoms with Crippen LogP contribution in [0.3, 0.4) is 0 Å². The standard InChI is InChI=1S/C23H21NO4/c1-15-9-10-19-17(12-23(26)28-21(19)11-15)14-27-22(25)8-4-5-16-13-24-20-7-3-2-6-18(16)20/h2-3,6-7,9-13,24H,4-5,8,14H2,1H3. The molecule has 0 aliphatic heterocycles. The molecule has 4 aromatic rings. The first-order chi connectivity index (χ1) is 13.6. The first-order valence-corrected chi connectivity index (χ1v) is 9.34. The third-order valence-electron chi connectivity index (χ3n) is 4.88. The summed E-state index contributed by atoms with van der Waals surface area (Å²) in [6, 6.07) is 15.1. The van der Waals surface area contributed by atoms with Gasteiger partial charge >= 0.3 is 11.6 Å². The molecule has 28 heavy (non-hydrogen) atoms. The second-order valence-corrected chi connectivity index (χ2v) is 6.96. The summed E-state index contributed by atoms with van der Waals surface area (Å²) in [4.78, 5) is 27.2. The zero-order valence-corrected chi connectivity index (χ0v) is 15.7. The van der Waals surface area contributed by atoms with E-state index >= 15 is 0 Å². The molecule has 2 aromatic carbocycles. The minimum atomic E-state index is -0.441. The minimum Gasteiger partial charge on any atom is -0.461 e. The number of para-hydroxylation sites is 1. The lowest BCUT2D eigenvalue weighted by molar-refractivity contribution is -0.145. The van der Waals surface area contributed by atoms with Gasteiger partial charge in [0.2, 0.25) is 0 Å². The van der Waals surface area contributed by atoms with Gasteiger partial charge in [-0.3, -0.25) is 4.79 Å². The predicted molar refractivity (Wildman–Crippen MR) is 108 cm³/mol. The number of aryl methyl sites for hydroxylation is 2. The number of hydrogen-bond donors (Lipinski definition) is 1. The number of hydrogen-bond acceptors (Lipinski definition) is 4. The molecule has 0 radical (unpaired) electrons. The van der Waals surface area contributed by atoms with Crippen molar-refractivity contribution in [2.24, 2.45) is 0 Å². The van der Waals surface area contributed by atoms with Crippen LogP contribution >= 0.6 is 0 Å². The normalized spacial score (nSPS) is 11.2. The number of aromatic amines is 1. The molecule has 0 unspecified atom stereocenters. The zero-order valence-electron chi connectivity index (χ0n) is 15.7. The van der Waals surface area contributed by atoms with Crippen molar-refractivity contribution in [3.8, 4) is 0 Å². The highest BCUT2D eigenvalue weighted by atomic mass is 16.5. The largest absolute Gasteiger partial charge is 0.461 e. The van der Waals surface area contributed by atoms with Gasteiger partial charge in [0, 0.05) is 40.5 Å². The Morgan fingerprint density at radius 1 is 1.07 bits per heavy atom. The minimum absolute atomic E-state index is 0.0665. The fourth-order valence-electron chi connectivity index (χ4n) is 3.45. The monoisotopic (exact) mass is 375 g/mol. The molecule has 0 aliphatic rings. The second-order valence-electron chi connectivity index (χ2n) is 6.96. The average Bonchev–Trinajstić information content (AvgIpc) is 3.09. The van der Waals surface area contributed by atoms with E-state index < -0.39 is 5.63 Å². The molecule has 0 aliphatic carbocycles. The summed E-state index contributed by atoms with van der Waals surface area (Å²) in [5.74, 6) is -0.270. The molecule has 0 atom stereocenters. The maximum absolute atomic E-state index is 12.2. The Kier molecular flexibility index (Phi) is 4.98. The number of benzene rings is 2. The number of carbonyl (C=O) groups is 1. The van der Waals surface area contributed by atoms with Crippen LogP contribution in [-0.4, -0.2) is 11.0 Å². The van der Waals surface area contributed by atoms with Gasteiger partial charge in [0.25, 0.3) is 0 Å². The van der Waals surface area contributed by atoms with E-state index in [0.29, 0.717) is 24.0 Å². The van der Waals surface area contributed by atoms with Gasteiger partial charge in [0.1, 0.15) is 12.2 Å². The first-order valence-electron chi connectivity index (χ1n) is 9.34. The van der Waals surface area contributed by atoms with Gasteiger partial charge in [0.15, 0.2) is 0 Å². The highest BCUT2D eigenvalue weighted by molar-refractivity contribution is 5.83. The van der Waals surface area contributed by atoms with Crippen LogP contribution < -0.4 is 5.63 Å². The van der Waals surface area contributed by atoms with E-state index in [1.54, 1.807) is 0 Å². The highest BCUT2D eigenvalue weighted by Crippen LogP contribution is 2.21. The smallest absolute Gasteiger partial charge is 0.336 e. The van der Waals surface area contributed by atoms with Gasteiger partial charge in [-0.1, -0.05) is 30.3 Å². The van der Waals surface area contributed by atoms with Crippen molar-refractivity contribution in [3.63, 3.8) is 0 Å². The van der Waals surface area contributed by atoms with E-state index in [0.717, 1.165) is 22.9 Å². The van der Waals surface area contributed by atoms with E-state index in [9.17, 15) is 9.59 Å². The summed E-state index contributed by atoms with van der Waals surface area (Å²) in [5, 5.41) is 1.98. The molecule has 5 heteroatoms. The van der Waals surface area contributed by atoms with Crippen LogP contribution in [0.25, 0.3) is 21.9 Å². The summed E-state index contributed by atoms with van der Waals surface area (Å²) in [5.41, 5.74) is 4.04. The zero-order chi connectivity index (χ0) is 19.5.